The van der Waals surface area contributed by atoms with Crippen molar-refractivity contribution in [1.82, 2.24) is 10.2 Å². The highest BCUT2D eigenvalue weighted by atomic mass is 16.5. The van der Waals surface area contributed by atoms with E-state index in [4.69, 9.17) is 18.9 Å². The quantitative estimate of drug-likeness (QED) is 0.824. The standard InChI is InChI=1S/C15H18N2O5/c1-5-22-15(18)10-8-16-17-13(10)9-6-11(19-2)14(21-4)12(7-9)20-3/h6-8H,5H2,1-4H3,(H,16,17). The summed E-state index contributed by atoms with van der Waals surface area (Å²) in [5.74, 6) is 1.01. The Morgan fingerprint density at radius 2 is 1.77 bits per heavy atom. The first kappa shape index (κ1) is 15.7. The molecule has 1 heterocycles. The number of ether oxygens (including phenoxy) is 4. The van der Waals surface area contributed by atoms with E-state index in [1.165, 1.54) is 27.5 Å². The number of aromatic nitrogens is 2. The maximum atomic E-state index is 12.0. The van der Waals surface area contributed by atoms with Crippen LogP contribution in [-0.4, -0.2) is 44.1 Å². The second-order valence-corrected chi connectivity index (χ2v) is 4.29. The van der Waals surface area contributed by atoms with Crippen LogP contribution in [0.4, 0.5) is 0 Å². The third-order valence-corrected chi connectivity index (χ3v) is 3.09. The first-order chi connectivity index (χ1) is 10.7. The Balaban J connectivity index is 2.54. The van der Waals surface area contributed by atoms with Crippen LogP contribution in [0.15, 0.2) is 18.3 Å². The predicted octanol–water partition coefficient (Wildman–Crippen LogP) is 2.28. The fourth-order valence-electron chi connectivity index (χ4n) is 2.10. The van der Waals surface area contributed by atoms with Crippen LogP contribution in [0.25, 0.3) is 11.3 Å². The van der Waals surface area contributed by atoms with Crippen molar-refractivity contribution in [2.75, 3.05) is 27.9 Å². The summed E-state index contributed by atoms with van der Waals surface area (Å²) in [6, 6.07) is 3.47. The minimum absolute atomic E-state index is 0.290. The minimum atomic E-state index is -0.444. The van der Waals surface area contributed by atoms with Gasteiger partial charge in [0.1, 0.15) is 5.56 Å². The van der Waals surface area contributed by atoms with Crippen molar-refractivity contribution in [3.05, 3.63) is 23.9 Å². The van der Waals surface area contributed by atoms with Crippen molar-refractivity contribution in [3.63, 3.8) is 0 Å². The van der Waals surface area contributed by atoms with E-state index in [2.05, 4.69) is 10.2 Å². The number of esters is 1. The molecule has 7 nitrogen and oxygen atoms in total. The highest BCUT2D eigenvalue weighted by Crippen LogP contribution is 2.41. The van der Waals surface area contributed by atoms with Gasteiger partial charge in [0, 0.05) is 5.56 Å². The highest BCUT2D eigenvalue weighted by molar-refractivity contribution is 5.96. The summed E-state index contributed by atoms with van der Waals surface area (Å²) in [5.41, 5.74) is 1.55. The molecule has 1 N–H and O–H groups in total. The van der Waals surface area contributed by atoms with Crippen molar-refractivity contribution < 1.29 is 23.7 Å². The van der Waals surface area contributed by atoms with Crippen LogP contribution in [0.1, 0.15) is 17.3 Å². The van der Waals surface area contributed by atoms with Gasteiger partial charge in [0.05, 0.1) is 39.8 Å². The monoisotopic (exact) mass is 306 g/mol. The van der Waals surface area contributed by atoms with Crippen LogP contribution in [0.5, 0.6) is 17.2 Å². The largest absolute Gasteiger partial charge is 0.493 e. The fourth-order valence-corrected chi connectivity index (χ4v) is 2.10. The second kappa shape index (κ2) is 6.84. The number of carbonyl (C=O) groups excluding carboxylic acids is 1. The lowest BCUT2D eigenvalue weighted by Crippen LogP contribution is -2.05. The number of aromatic amines is 1. The number of carbonyl (C=O) groups is 1. The van der Waals surface area contributed by atoms with E-state index >= 15 is 0 Å². The van der Waals surface area contributed by atoms with Crippen LogP contribution in [0, 0.1) is 0 Å². The Hall–Kier alpha value is -2.70. The Kier molecular flexibility index (Phi) is 4.88. The molecule has 2 rings (SSSR count). The van der Waals surface area contributed by atoms with Crippen molar-refractivity contribution in [2.45, 2.75) is 6.92 Å². The molecule has 22 heavy (non-hydrogen) atoms. The normalized spacial score (nSPS) is 10.2. The number of nitrogens with zero attached hydrogens (tertiary/aromatic N) is 1. The molecule has 118 valence electrons. The van der Waals surface area contributed by atoms with Crippen molar-refractivity contribution >= 4 is 5.97 Å². The summed E-state index contributed by atoms with van der Waals surface area (Å²) in [4.78, 5) is 12.0. The molecular weight excluding hydrogens is 288 g/mol. The minimum Gasteiger partial charge on any atom is -0.493 e. The molecule has 7 heteroatoms. The maximum absolute atomic E-state index is 12.0. The van der Waals surface area contributed by atoms with Gasteiger partial charge in [-0.3, -0.25) is 5.10 Å². The molecule has 0 fully saturated rings. The van der Waals surface area contributed by atoms with Gasteiger partial charge in [0.2, 0.25) is 5.75 Å². The maximum Gasteiger partial charge on any atom is 0.341 e. The molecule has 0 saturated carbocycles. The number of rotatable bonds is 6. The lowest BCUT2D eigenvalue weighted by Gasteiger charge is -2.14. The van der Waals surface area contributed by atoms with Crippen molar-refractivity contribution in [2.24, 2.45) is 0 Å². The van der Waals surface area contributed by atoms with E-state index < -0.39 is 5.97 Å². The third-order valence-electron chi connectivity index (χ3n) is 3.09. The average molecular weight is 306 g/mol. The van der Waals surface area contributed by atoms with Crippen LogP contribution in [-0.2, 0) is 4.74 Å². The number of H-pyrrole nitrogens is 1. The Morgan fingerprint density at radius 1 is 1.14 bits per heavy atom. The van der Waals surface area contributed by atoms with E-state index in [0.29, 0.717) is 40.7 Å². The molecule has 1 aromatic heterocycles. The Labute approximate surface area is 128 Å². The lowest BCUT2D eigenvalue weighted by atomic mass is 10.1. The molecule has 0 atom stereocenters. The number of hydrogen-bond donors (Lipinski definition) is 1. The van der Waals surface area contributed by atoms with Gasteiger partial charge in [-0.05, 0) is 19.1 Å². The fraction of sp³-hybridized carbons (Fsp3) is 0.333. The molecule has 0 saturated heterocycles. The average Bonchev–Trinajstić information content (AvgIpc) is 3.03. The molecular formula is C15H18N2O5. The van der Waals surface area contributed by atoms with Gasteiger partial charge in [0.25, 0.3) is 0 Å². The van der Waals surface area contributed by atoms with Crippen LogP contribution in [0.2, 0.25) is 0 Å². The van der Waals surface area contributed by atoms with Gasteiger partial charge < -0.3 is 18.9 Å². The Morgan fingerprint density at radius 3 is 2.27 bits per heavy atom. The summed E-state index contributed by atoms with van der Waals surface area (Å²) in [6.45, 7) is 2.04. The molecule has 2 aromatic rings. The van der Waals surface area contributed by atoms with Crippen molar-refractivity contribution in [3.8, 4) is 28.5 Å². The smallest absolute Gasteiger partial charge is 0.341 e. The lowest BCUT2D eigenvalue weighted by molar-refractivity contribution is 0.0527. The molecule has 0 spiro atoms. The second-order valence-electron chi connectivity index (χ2n) is 4.29. The van der Waals surface area contributed by atoms with Gasteiger partial charge in [-0.2, -0.15) is 5.10 Å². The summed E-state index contributed by atoms with van der Waals surface area (Å²) in [6.07, 6.45) is 1.43. The summed E-state index contributed by atoms with van der Waals surface area (Å²) < 4.78 is 20.9. The zero-order chi connectivity index (χ0) is 16.1. The first-order valence-electron chi connectivity index (χ1n) is 6.67. The molecule has 0 aliphatic carbocycles. The zero-order valence-electron chi connectivity index (χ0n) is 12.9. The van der Waals surface area contributed by atoms with Gasteiger partial charge in [-0.1, -0.05) is 0 Å². The molecule has 0 aliphatic heterocycles. The Bertz CT molecular complexity index is 641. The van der Waals surface area contributed by atoms with Crippen molar-refractivity contribution in [1.29, 1.82) is 0 Å². The summed E-state index contributed by atoms with van der Waals surface area (Å²) >= 11 is 0. The highest BCUT2D eigenvalue weighted by Gasteiger charge is 2.20. The van der Waals surface area contributed by atoms with E-state index in [1.807, 2.05) is 0 Å². The van der Waals surface area contributed by atoms with Gasteiger partial charge in [-0.15, -0.1) is 0 Å². The molecule has 0 unspecified atom stereocenters. The first-order valence-corrected chi connectivity index (χ1v) is 6.67. The van der Waals surface area contributed by atoms with E-state index in [9.17, 15) is 4.79 Å². The zero-order valence-corrected chi connectivity index (χ0v) is 12.9. The SMILES string of the molecule is CCOC(=O)c1cn[nH]c1-c1cc(OC)c(OC)c(OC)c1. The topological polar surface area (TPSA) is 82.7 Å². The summed E-state index contributed by atoms with van der Waals surface area (Å²) in [7, 11) is 4.58. The van der Waals surface area contributed by atoms with E-state index in [1.54, 1.807) is 19.1 Å². The van der Waals surface area contributed by atoms with E-state index in [-0.39, 0.29) is 0 Å². The molecule has 0 bridgehead atoms. The van der Waals surface area contributed by atoms with Crippen LogP contribution in [0.3, 0.4) is 0 Å². The predicted molar refractivity (Wildman–Crippen MR) is 79.6 cm³/mol. The molecule has 0 aliphatic rings. The number of nitrogens with one attached hydrogen (secondary N) is 1. The molecule has 0 radical (unpaired) electrons. The number of hydrogen-bond acceptors (Lipinski definition) is 6. The molecule has 1 aromatic carbocycles. The van der Waals surface area contributed by atoms with Gasteiger partial charge in [-0.25, -0.2) is 4.79 Å². The molecule has 0 amide bonds. The van der Waals surface area contributed by atoms with Crippen LogP contribution >= 0.6 is 0 Å². The van der Waals surface area contributed by atoms with Gasteiger partial charge in [0.15, 0.2) is 11.5 Å². The number of methoxy groups -OCH3 is 3. The van der Waals surface area contributed by atoms with Gasteiger partial charge >= 0.3 is 5.97 Å². The summed E-state index contributed by atoms with van der Waals surface area (Å²) in [5, 5.41) is 6.72. The number of benzene rings is 1. The van der Waals surface area contributed by atoms with E-state index in [0.717, 1.165) is 0 Å². The van der Waals surface area contributed by atoms with Crippen LogP contribution < -0.4 is 14.2 Å². The third kappa shape index (κ3) is 2.83.